The number of carbonyl (C=O) groups excluding carboxylic acids is 1. The maximum Gasteiger partial charge on any atom is 0.162 e. The molecule has 1 atom stereocenters. The highest BCUT2D eigenvalue weighted by molar-refractivity contribution is 6.12. The topological polar surface area (TPSA) is 47.6 Å². The molecule has 1 aliphatic carbocycles. The average Bonchev–Trinajstić information content (AvgIpc) is 2.91. The smallest absolute Gasteiger partial charge is 0.162 e. The van der Waals surface area contributed by atoms with E-state index in [0.717, 1.165) is 28.8 Å². The Hall–Kier alpha value is -4.05. The molecule has 0 fully saturated rings. The highest BCUT2D eigenvalue weighted by Gasteiger charge is 2.41. The molecule has 0 spiro atoms. The molecule has 2 aliphatic rings. The quantitative estimate of drug-likeness (QED) is 0.299. The van der Waals surface area contributed by atoms with Crippen molar-refractivity contribution in [1.82, 2.24) is 0 Å². The molecule has 0 aromatic heterocycles. The molecule has 0 saturated heterocycles. The molecule has 1 N–H and O–H groups in total. The van der Waals surface area contributed by atoms with Crippen molar-refractivity contribution in [3.8, 4) is 11.5 Å². The van der Waals surface area contributed by atoms with E-state index in [4.69, 9.17) is 9.47 Å². The van der Waals surface area contributed by atoms with Crippen molar-refractivity contribution in [2.24, 2.45) is 5.41 Å². The number of hydrogen-bond acceptors (Lipinski definition) is 4. The monoisotopic (exact) mass is 503 g/mol. The molecule has 4 nitrogen and oxygen atoms in total. The van der Waals surface area contributed by atoms with Crippen molar-refractivity contribution in [3.63, 3.8) is 0 Å². The summed E-state index contributed by atoms with van der Waals surface area (Å²) in [5, 5.41) is 6.09. The van der Waals surface area contributed by atoms with Crippen LogP contribution in [0.25, 0.3) is 16.3 Å². The first-order valence-electron chi connectivity index (χ1n) is 13.2. The number of ketones is 1. The fraction of sp³-hybridized carbons (Fsp3) is 0.265. The second kappa shape index (κ2) is 9.36. The Morgan fingerprint density at radius 1 is 0.921 bits per heavy atom. The molecule has 0 radical (unpaired) electrons. The van der Waals surface area contributed by atoms with E-state index in [0.29, 0.717) is 24.5 Å². The van der Waals surface area contributed by atoms with Crippen molar-refractivity contribution < 1.29 is 14.3 Å². The third-order valence-corrected chi connectivity index (χ3v) is 7.78. The van der Waals surface area contributed by atoms with Gasteiger partial charge in [-0.2, -0.15) is 0 Å². The summed E-state index contributed by atoms with van der Waals surface area (Å²) in [7, 11) is 1.66. The van der Waals surface area contributed by atoms with E-state index in [9.17, 15) is 4.79 Å². The number of rotatable bonds is 5. The van der Waals surface area contributed by atoms with E-state index in [1.807, 2.05) is 18.2 Å². The zero-order valence-corrected chi connectivity index (χ0v) is 22.4. The summed E-state index contributed by atoms with van der Waals surface area (Å²) in [6.45, 7) is 6.92. The minimum absolute atomic E-state index is 0.0859. The number of Topliss-reactive ketones (excluding diaryl/α,β-unsaturated/α-hetero) is 1. The van der Waals surface area contributed by atoms with Gasteiger partial charge in [0, 0.05) is 23.2 Å². The zero-order chi connectivity index (χ0) is 26.4. The van der Waals surface area contributed by atoms with Gasteiger partial charge >= 0.3 is 0 Å². The van der Waals surface area contributed by atoms with Gasteiger partial charge in [0.2, 0.25) is 0 Å². The van der Waals surface area contributed by atoms with Crippen molar-refractivity contribution in [2.75, 3.05) is 12.4 Å². The maximum absolute atomic E-state index is 13.7. The summed E-state index contributed by atoms with van der Waals surface area (Å²) in [4.78, 5) is 13.7. The van der Waals surface area contributed by atoms with Crippen molar-refractivity contribution in [2.45, 2.75) is 46.3 Å². The third-order valence-electron chi connectivity index (χ3n) is 7.78. The summed E-state index contributed by atoms with van der Waals surface area (Å²) in [6, 6.07) is 26.8. The van der Waals surface area contributed by atoms with Gasteiger partial charge in [0.15, 0.2) is 17.3 Å². The van der Waals surface area contributed by atoms with Crippen LogP contribution in [0, 0.1) is 12.3 Å². The third kappa shape index (κ3) is 4.34. The lowest BCUT2D eigenvalue weighted by Crippen LogP contribution is -2.33. The molecule has 4 aromatic rings. The fourth-order valence-electron chi connectivity index (χ4n) is 5.92. The largest absolute Gasteiger partial charge is 0.493 e. The Kier molecular flexibility index (Phi) is 5.98. The van der Waals surface area contributed by atoms with E-state index >= 15 is 0 Å². The van der Waals surface area contributed by atoms with Crippen molar-refractivity contribution in [3.05, 3.63) is 107 Å². The van der Waals surface area contributed by atoms with Gasteiger partial charge in [0.05, 0.1) is 13.2 Å². The first-order valence-corrected chi connectivity index (χ1v) is 13.2. The number of anilines is 1. The van der Waals surface area contributed by atoms with Crippen LogP contribution >= 0.6 is 0 Å². The molecule has 4 heteroatoms. The van der Waals surface area contributed by atoms with E-state index in [2.05, 4.69) is 86.8 Å². The summed E-state index contributed by atoms with van der Waals surface area (Å²) < 4.78 is 11.9. The normalized spacial score (nSPS) is 18.0. The molecule has 4 aromatic carbocycles. The van der Waals surface area contributed by atoms with Crippen LogP contribution in [0.1, 0.15) is 55.0 Å². The zero-order valence-electron chi connectivity index (χ0n) is 22.4. The van der Waals surface area contributed by atoms with Gasteiger partial charge in [-0.1, -0.05) is 80.1 Å². The molecule has 0 bridgehead atoms. The van der Waals surface area contributed by atoms with E-state index in [1.54, 1.807) is 7.11 Å². The Morgan fingerprint density at radius 2 is 1.71 bits per heavy atom. The lowest BCUT2D eigenvalue weighted by Gasteiger charge is -2.40. The van der Waals surface area contributed by atoms with Gasteiger partial charge < -0.3 is 14.8 Å². The summed E-state index contributed by atoms with van der Waals surface area (Å²) in [5.74, 6) is 1.56. The Bertz CT molecular complexity index is 1580. The van der Waals surface area contributed by atoms with Gasteiger partial charge in [-0.05, 0) is 64.4 Å². The van der Waals surface area contributed by atoms with Crippen LogP contribution in [-0.4, -0.2) is 12.9 Å². The summed E-state index contributed by atoms with van der Waals surface area (Å²) >= 11 is 0. The number of carbonyl (C=O) groups is 1. The maximum atomic E-state index is 13.7. The van der Waals surface area contributed by atoms with Crippen molar-refractivity contribution >= 4 is 27.8 Å². The second-order valence-corrected chi connectivity index (χ2v) is 11.3. The predicted octanol–water partition coefficient (Wildman–Crippen LogP) is 8.05. The van der Waals surface area contributed by atoms with Crippen LogP contribution in [0.2, 0.25) is 0 Å². The molecule has 192 valence electrons. The van der Waals surface area contributed by atoms with Crippen LogP contribution < -0.4 is 14.8 Å². The van der Waals surface area contributed by atoms with Crippen LogP contribution in [-0.2, 0) is 11.4 Å². The number of ether oxygens (including phenoxy) is 2. The Morgan fingerprint density at radius 3 is 2.50 bits per heavy atom. The molecule has 38 heavy (non-hydrogen) atoms. The number of aryl methyl sites for hydroxylation is 1. The molecule has 0 saturated carbocycles. The fourth-order valence-corrected chi connectivity index (χ4v) is 5.92. The van der Waals surface area contributed by atoms with Gasteiger partial charge in [-0.25, -0.2) is 0 Å². The lowest BCUT2D eigenvalue weighted by atomic mass is 9.68. The van der Waals surface area contributed by atoms with Gasteiger partial charge in [0.25, 0.3) is 0 Å². The molecule has 0 amide bonds. The minimum Gasteiger partial charge on any atom is -0.493 e. The molecule has 1 aliphatic heterocycles. The highest BCUT2D eigenvalue weighted by atomic mass is 16.5. The van der Waals surface area contributed by atoms with E-state index in [-0.39, 0.29) is 17.2 Å². The van der Waals surface area contributed by atoms with Gasteiger partial charge in [-0.3, -0.25) is 4.79 Å². The molecule has 1 heterocycles. The molecular formula is C34H33NO3. The number of fused-ring (bicyclic) bond motifs is 4. The lowest BCUT2D eigenvalue weighted by molar-refractivity contribution is -0.118. The number of benzene rings is 4. The Balaban J connectivity index is 1.41. The predicted molar refractivity (Wildman–Crippen MR) is 154 cm³/mol. The summed E-state index contributed by atoms with van der Waals surface area (Å²) in [5.41, 5.74) is 7.51. The molecular weight excluding hydrogens is 470 g/mol. The number of hydrogen-bond donors (Lipinski definition) is 1. The van der Waals surface area contributed by atoms with Crippen LogP contribution in [0.5, 0.6) is 11.5 Å². The SMILES string of the molecule is COc1cc(C2Nc3ccc4ccccc4c3C3=C2C(=O)CC(C)(C)C3)ccc1OCc1ccc(C)cc1. The first-order chi connectivity index (χ1) is 18.3. The Labute approximate surface area is 224 Å². The van der Waals surface area contributed by atoms with E-state index in [1.165, 1.54) is 27.5 Å². The van der Waals surface area contributed by atoms with E-state index < -0.39 is 0 Å². The number of methoxy groups -OCH3 is 1. The highest BCUT2D eigenvalue weighted by Crippen LogP contribution is 2.52. The van der Waals surface area contributed by atoms with Gasteiger partial charge in [-0.15, -0.1) is 0 Å². The van der Waals surface area contributed by atoms with Gasteiger partial charge in [0.1, 0.15) is 6.61 Å². The summed E-state index contributed by atoms with van der Waals surface area (Å²) in [6.07, 6.45) is 1.40. The van der Waals surface area contributed by atoms with Crippen LogP contribution in [0.4, 0.5) is 5.69 Å². The van der Waals surface area contributed by atoms with Crippen molar-refractivity contribution in [1.29, 1.82) is 0 Å². The standard InChI is InChI=1S/C34H33NO3/c1-21-9-11-22(12-10-21)20-38-29-16-14-24(17-30(29)37-4)33-32-26(18-34(2,3)19-28(32)36)31-25-8-6-5-7-23(25)13-15-27(31)35-33/h5-17,33,35H,18-20H2,1-4H3. The van der Waals surface area contributed by atoms with Crippen LogP contribution in [0.3, 0.4) is 0 Å². The number of allylic oxidation sites excluding steroid dienone is 1. The average molecular weight is 504 g/mol. The first kappa shape index (κ1) is 24.3. The second-order valence-electron chi connectivity index (χ2n) is 11.3. The molecule has 1 unspecified atom stereocenters. The number of nitrogens with one attached hydrogen (secondary N) is 1. The van der Waals surface area contributed by atoms with Crippen LogP contribution in [0.15, 0.2) is 84.4 Å². The minimum atomic E-state index is -0.248. The molecule has 6 rings (SSSR count).